The number of hydrogen-bond donors (Lipinski definition) is 2. The van der Waals surface area contributed by atoms with Crippen LogP contribution in [0.25, 0.3) is 0 Å². The summed E-state index contributed by atoms with van der Waals surface area (Å²) in [5.74, 6) is 0.883. The van der Waals surface area contributed by atoms with Crippen LogP contribution in [0, 0.1) is 5.92 Å². The molecule has 0 aromatic heterocycles. The van der Waals surface area contributed by atoms with Crippen LogP contribution < -0.4 is 10.6 Å². The van der Waals surface area contributed by atoms with Gasteiger partial charge in [-0.25, -0.2) is 4.79 Å². The van der Waals surface area contributed by atoms with Crippen molar-refractivity contribution in [2.45, 2.75) is 38.7 Å². The number of piperidine rings is 1. The highest BCUT2D eigenvalue weighted by atomic mass is 16.5. The Hall–Kier alpha value is -1.59. The van der Waals surface area contributed by atoms with Crippen molar-refractivity contribution in [1.82, 2.24) is 15.5 Å². The maximum absolute atomic E-state index is 11.9. The summed E-state index contributed by atoms with van der Waals surface area (Å²) in [5, 5.41) is 5.83. The molecule has 1 unspecified atom stereocenters. The van der Waals surface area contributed by atoms with E-state index in [0.29, 0.717) is 6.54 Å². The lowest BCUT2D eigenvalue weighted by Crippen LogP contribution is -2.39. The Kier molecular flexibility index (Phi) is 8.77. The molecule has 140 valence electrons. The predicted molar refractivity (Wildman–Crippen MR) is 102 cm³/mol. The van der Waals surface area contributed by atoms with Crippen molar-refractivity contribution >= 4 is 6.03 Å². The van der Waals surface area contributed by atoms with E-state index < -0.39 is 0 Å². The van der Waals surface area contributed by atoms with Crippen molar-refractivity contribution in [1.29, 1.82) is 0 Å². The maximum Gasteiger partial charge on any atom is 0.314 e. The predicted octanol–water partition coefficient (Wildman–Crippen LogP) is 3.19. The summed E-state index contributed by atoms with van der Waals surface area (Å²) in [5.41, 5.74) is 1.07. The Labute approximate surface area is 152 Å². The molecule has 0 aliphatic carbocycles. The first-order valence-electron chi connectivity index (χ1n) is 9.51. The van der Waals surface area contributed by atoms with Crippen LogP contribution in [0.1, 0.15) is 44.3 Å². The first-order valence-corrected chi connectivity index (χ1v) is 9.51. The van der Waals surface area contributed by atoms with Gasteiger partial charge in [0.2, 0.25) is 0 Å². The van der Waals surface area contributed by atoms with Gasteiger partial charge in [0.1, 0.15) is 0 Å². The number of nitrogens with one attached hydrogen (secondary N) is 2. The largest absolute Gasteiger partial charge is 0.375 e. The fourth-order valence-electron chi connectivity index (χ4n) is 3.20. The molecule has 1 heterocycles. The lowest BCUT2D eigenvalue weighted by molar-refractivity contribution is 0.104. The molecule has 1 saturated heterocycles. The number of carbonyl (C=O) groups excluding carboxylic acids is 1. The smallest absolute Gasteiger partial charge is 0.314 e. The van der Waals surface area contributed by atoms with Gasteiger partial charge in [0.05, 0.1) is 6.10 Å². The van der Waals surface area contributed by atoms with Crippen molar-refractivity contribution in [2.24, 2.45) is 5.92 Å². The molecule has 1 aromatic rings. The molecule has 0 saturated carbocycles. The normalized spacial score (nSPS) is 17.2. The molecular weight excluding hydrogens is 314 g/mol. The number of methoxy groups -OCH3 is 1. The average molecular weight is 348 g/mol. The van der Waals surface area contributed by atoms with Crippen LogP contribution in [-0.2, 0) is 4.74 Å². The third-order valence-corrected chi connectivity index (χ3v) is 4.97. The zero-order chi connectivity index (χ0) is 17.9. The van der Waals surface area contributed by atoms with E-state index in [-0.39, 0.29) is 12.1 Å². The fraction of sp³-hybridized carbons (Fsp3) is 0.650. The minimum Gasteiger partial charge on any atom is -0.375 e. The van der Waals surface area contributed by atoms with E-state index in [2.05, 4.69) is 22.5 Å². The highest BCUT2D eigenvalue weighted by Crippen LogP contribution is 2.16. The molecule has 0 bridgehead atoms. The average Bonchev–Trinajstić information content (AvgIpc) is 2.64. The quantitative estimate of drug-likeness (QED) is 0.675. The second-order valence-electron chi connectivity index (χ2n) is 7.00. The van der Waals surface area contributed by atoms with Crippen LogP contribution in [0.4, 0.5) is 4.79 Å². The number of nitrogens with zero attached hydrogens (tertiary/aromatic N) is 1. The molecule has 1 aliphatic rings. The Morgan fingerprint density at radius 2 is 1.92 bits per heavy atom. The molecule has 1 fully saturated rings. The number of rotatable bonds is 9. The summed E-state index contributed by atoms with van der Waals surface area (Å²) in [7, 11) is 1.67. The number of urea groups is 1. The molecule has 1 aromatic carbocycles. The van der Waals surface area contributed by atoms with Crippen molar-refractivity contribution < 1.29 is 9.53 Å². The molecule has 2 amide bonds. The van der Waals surface area contributed by atoms with E-state index in [0.717, 1.165) is 37.4 Å². The standard InChI is InChI=1S/C20H33N3O2/c1-17-10-14-23(15-11-17)13-7-6-12-21-20(24)22-16-19(25-2)18-8-4-3-5-9-18/h3-5,8-9,17,19H,6-7,10-16H2,1-2H3,(H2,21,22,24). The molecule has 1 atom stereocenters. The van der Waals surface area contributed by atoms with Gasteiger partial charge in [0.15, 0.2) is 0 Å². The maximum atomic E-state index is 11.9. The van der Waals surface area contributed by atoms with Gasteiger partial charge in [-0.15, -0.1) is 0 Å². The summed E-state index contributed by atoms with van der Waals surface area (Å²) in [6.45, 7) is 7.14. The van der Waals surface area contributed by atoms with Crippen LogP contribution in [0.15, 0.2) is 30.3 Å². The number of amides is 2. The fourth-order valence-corrected chi connectivity index (χ4v) is 3.20. The monoisotopic (exact) mass is 347 g/mol. The zero-order valence-corrected chi connectivity index (χ0v) is 15.7. The lowest BCUT2D eigenvalue weighted by atomic mass is 9.99. The van der Waals surface area contributed by atoms with E-state index >= 15 is 0 Å². The Balaban J connectivity index is 1.53. The molecule has 0 radical (unpaired) electrons. The summed E-state index contributed by atoms with van der Waals surface area (Å²) < 4.78 is 5.46. The molecule has 5 nitrogen and oxygen atoms in total. The van der Waals surface area contributed by atoms with E-state index in [1.54, 1.807) is 7.11 Å². The Morgan fingerprint density at radius 3 is 2.60 bits per heavy atom. The van der Waals surface area contributed by atoms with E-state index in [4.69, 9.17) is 4.74 Å². The van der Waals surface area contributed by atoms with E-state index in [9.17, 15) is 4.79 Å². The second-order valence-corrected chi connectivity index (χ2v) is 7.00. The highest BCUT2D eigenvalue weighted by Gasteiger charge is 2.15. The number of carbonyl (C=O) groups is 1. The van der Waals surface area contributed by atoms with Crippen molar-refractivity contribution in [3.8, 4) is 0 Å². The topological polar surface area (TPSA) is 53.6 Å². The van der Waals surface area contributed by atoms with Gasteiger partial charge in [-0.05, 0) is 56.8 Å². The van der Waals surface area contributed by atoms with Crippen LogP contribution in [0.5, 0.6) is 0 Å². The van der Waals surface area contributed by atoms with Crippen molar-refractivity contribution in [3.63, 3.8) is 0 Å². The lowest BCUT2D eigenvalue weighted by Gasteiger charge is -2.30. The van der Waals surface area contributed by atoms with Gasteiger partial charge in [-0.3, -0.25) is 0 Å². The van der Waals surface area contributed by atoms with Gasteiger partial charge in [0.25, 0.3) is 0 Å². The zero-order valence-electron chi connectivity index (χ0n) is 15.7. The van der Waals surface area contributed by atoms with Gasteiger partial charge in [-0.1, -0.05) is 37.3 Å². The number of ether oxygens (including phenoxy) is 1. The first-order chi connectivity index (χ1) is 12.2. The second kappa shape index (κ2) is 11.1. The van der Waals surface area contributed by atoms with Crippen LogP contribution >= 0.6 is 0 Å². The number of benzene rings is 1. The number of hydrogen-bond acceptors (Lipinski definition) is 3. The van der Waals surface area contributed by atoms with E-state index in [1.807, 2.05) is 30.3 Å². The molecular formula is C20H33N3O2. The van der Waals surface area contributed by atoms with Crippen LogP contribution in [0.3, 0.4) is 0 Å². The SMILES string of the molecule is COC(CNC(=O)NCCCCN1CCC(C)CC1)c1ccccc1. The summed E-state index contributed by atoms with van der Waals surface area (Å²) in [4.78, 5) is 14.5. The minimum absolute atomic E-state index is 0.117. The Bertz CT molecular complexity index is 487. The van der Waals surface area contributed by atoms with Gasteiger partial charge in [0, 0.05) is 20.2 Å². The minimum atomic E-state index is -0.121. The highest BCUT2D eigenvalue weighted by molar-refractivity contribution is 5.73. The number of likely N-dealkylation sites (tertiary alicyclic amines) is 1. The van der Waals surface area contributed by atoms with Crippen LogP contribution in [-0.4, -0.2) is 50.8 Å². The van der Waals surface area contributed by atoms with Crippen molar-refractivity contribution in [3.05, 3.63) is 35.9 Å². The van der Waals surface area contributed by atoms with Gasteiger partial charge >= 0.3 is 6.03 Å². The van der Waals surface area contributed by atoms with Crippen molar-refractivity contribution in [2.75, 3.05) is 39.8 Å². The summed E-state index contributed by atoms with van der Waals surface area (Å²) in [6.07, 6.45) is 4.69. The summed E-state index contributed by atoms with van der Waals surface area (Å²) >= 11 is 0. The number of unbranched alkanes of at least 4 members (excludes halogenated alkanes) is 1. The molecule has 2 N–H and O–H groups in total. The van der Waals surface area contributed by atoms with E-state index in [1.165, 1.54) is 25.9 Å². The van der Waals surface area contributed by atoms with Gasteiger partial charge < -0.3 is 20.3 Å². The van der Waals surface area contributed by atoms with Gasteiger partial charge in [-0.2, -0.15) is 0 Å². The molecule has 25 heavy (non-hydrogen) atoms. The summed E-state index contributed by atoms with van der Waals surface area (Å²) in [6, 6.07) is 9.82. The third-order valence-electron chi connectivity index (χ3n) is 4.97. The molecule has 5 heteroatoms. The molecule has 1 aliphatic heterocycles. The molecule has 0 spiro atoms. The van der Waals surface area contributed by atoms with Crippen LogP contribution in [0.2, 0.25) is 0 Å². The molecule has 2 rings (SSSR count). The third kappa shape index (κ3) is 7.45. The Morgan fingerprint density at radius 1 is 1.20 bits per heavy atom. The first kappa shape index (κ1) is 19.7.